The maximum atomic E-state index is 13.7. The topological polar surface area (TPSA) is 20.3 Å². The molecule has 2 nitrogen and oxygen atoms in total. The van der Waals surface area contributed by atoms with Crippen molar-refractivity contribution in [2.75, 3.05) is 6.54 Å². The molecule has 1 aliphatic rings. The largest absolute Gasteiger partial charge is 0.408 e. The van der Waals surface area contributed by atoms with E-state index in [1.807, 2.05) is 22.6 Å². The number of carbonyl (C=O) groups is 1. The van der Waals surface area contributed by atoms with Crippen molar-refractivity contribution in [3.63, 3.8) is 0 Å². The van der Waals surface area contributed by atoms with Crippen molar-refractivity contribution >= 4 is 28.5 Å². The summed E-state index contributed by atoms with van der Waals surface area (Å²) in [7, 11) is 0. The first-order valence-corrected chi connectivity index (χ1v) is 7.21. The zero-order valence-electron chi connectivity index (χ0n) is 10.4. The summed E-state index contributed by atoms with van der Waals surface area (Å²) in [5.41, 5.74) is -0.298. The molecule has 2 rings (SSSR count). The smallest absolute Gasteiger partial charge is 0.326 e. The number of rotatable bonds is 1. The predicted octanol–water partition coefficient (Wildman–Crippen LogP) is 3.99. The van der Waals surface area contributed by atoms with Crippen LogP contribution in [0.2, 0.25) is 0 Å². The van der Waals surface area contributed by atoms with E-state index in [9.17, 15) is 22.4 Å². The molecular weight excluding hydrogens is 389 g/mol. The molecule has 0 radical (unpaired) electrons. The molecule has 1 atom stereocenters. The minimum absolute atomic E-state index is 0.00786. The molecule has 1 heterocycles. The van der Waals surface area contributed by atoms with Gasteiger partial charge in [-0.3, -0.25) is 4.79 Å². The average Bonchev–Trinajstić information content (AvgIpc) is 2.40. The summed E-state index contributed by atoms with van der Waals surface area (Å²) in [4.78, 5) is 13.0. The zero-order chi connectivity index (χ0) is 14.9. The first kappa shape index (κ1) is 15.5. The Morgan fingerprint density at radius 1 is 1.30 bits per heavy atom. The molecule has 110 valence electrons. The third kappa shape index (κ3) is 3.24. The molecule has 1 aromatic carbocycles. The van der Waals surface area contributed by atoms with Crippen molar-refractivity contribution in [1.82, 2.24) is 4.90 Å². The Morgan fingerprint density at radius 3 is 2.65 bits per heavy atom. The van der Waals surface area contributed by atoms with E-state index < -0.39 is 23.9 Å². The highest BCUT2D eigenvalue weighted by molar-refractivity contribution is 14.1. The minimum atomic E-state index is -4.48. The van der Waals surface area contributed by atoms with E-state index in [-0.39, 0.29) is 18.5 Å². The highest BCUT2D eigenvalue weighted by atomic mass is 127. The van der Waals surface area contributed by atoms with E-state index in [2.05, 4.69) is 0 Å². The van der Waals surface area contributed by atoms with Crippen LogP contribution in [-0.2, 0) is 0 Å². The molecule has 1 amide bonds. The lowest BCUT2D eigenvalue weighted by Gasteiger charge is -2.36. The van der Waals surface area contributed by atoms with Crippen LogP contribution in [0.4, 0.5) is 17.6 Å². The summed E-state index contributed by atoms with van der Waals surface area (Å²) >= 11 is 1.89. The van der Waals surface area contributed by atoms with Crippen LogP contribution in [0.5, 0.6) is 0 Å². The highest BCUT2D eigenvalue weighted by Gasteiger charge is 2.46. The van der Waals surface area contributed by atoms with Gasteiger partial charge in [0, 0.05) is 10.1 Å². The molecule has 1 aromatic rings. The minimum Gasteiger partial charge on any atom is -0.326 e. The Kier molecular flexibility index (Phi) is 4.55. The van der Waals surface area contributed by atoms with E-state index in [0.717, 1.165) is 11.0 Å². The third-order valence-corrected chi connectivity index (χ3v) is 3.97. The Balaban J connectivity index is 2.32. The first-order valence-electron chi connectivity index (χ1n) is 6.13. The molecule has 1 fully saturated rings. The van der Waals surface area contributed by atoms with E-state index in [4.69, 9.17) is 0 Å². The Labute approximate surface area is 127 Å². The second-order valence-electron chi connectivity index (χ2n) is 4.68. The van der Waals surface area contributed by atoms with Gasteiger partial charge in [-0.05, 0) is 60.1 Å². The van der Waals surface area contributed by atoms with Gasteiger partial charge in [-0.25, -0.2) is 4.39 Å². The molecule has 1 unspecified atom stereocenters. The lowest BCUT2D eigenvalue weighted by atomic mass is 10.00. The van der Waals surface area contributed by atoms with Gasteiger partial charge in [-0.2, -0.15) is 13.2 Å². The van der Waals surface area contributed by atoms with E-state index >= 15 is 0 Å². The normalized spacial score (nSPS) is 20.1. The van der Waals surface area contributed by atoms with Crippen LogP contribution in [0, 0.1) is 9.39 Å². The van der Waals surface area contributed by atoms with Crippen LogP contribution in [-0.4, -0.2) is 29.6 Å². The van der Waals surface area contributed by atoms with Gasteiger partial charge in [0.05, 0.1) is 5.56 Å². The summed E-state index contributed by atoms with van der Waals surface area (Å²) in [5, 5.41) is 0. The molecule has 0 aliphatic carbocycles. The van der Waals surface area contributed by atoms with Crippen LogP contribution < -0.4 is 0 Å². The summed E-state index contributed by atoms with van der Waals surface area (Å²) in [6, 6.07) is 2.02. The Morgan fingerprint density at radius 2 is 2.00 bits per heavy atom. The number of benzene rings is 1. The second-order valence-corrected chi connectivity index (χ2v) is 5.92. The number of amides is 1. The maximum Gasteiger partial charge on any atom is 0.408 e. The van der Waals surface area contributed by atoms with Crippen molar-refractivity contribution < 1.29 is 22.4 Å². The molecule has 0 aromatic heterocycles. The van der Waals surface area contributed by atoms with Gasteiger partial charge in [-0.15, -0.1) is 0 Å². The summed E-state index contributed by atoms with van der Waals surface area (Å²) in [6.45, 7) is 0.00786. The SMILES string of the molecule is O=C(c1cc(I)ccc1F)N1CCCCC1C(F)(F)F. The van der Waals surface area contributed by atoms with E-state index in [1.165, 1.54) is 12.1 Å². The Hall–Kier alpha value is -0.860. The molecule has 20 heavy (non-hydrogen) atoms. The third-order valence-electron chi connectivity index (χ3n) is 3.30. The number of halogens is 5. The first-order chi connectivity index (χ1) is 9.30. The van der Waals surface area contributed by atoms with E-state index in [0.29, 0.717) is 16.4 Å². The average molecular weight is 401 g/mol. The quantitative estimate of drug-likeness (QED) is 0.515. The fourth-order valence-electron chi connectivity index (χ4n) is 2.33. The number of alkyl halides is 3. The van der Waals surface area contributed by atoms with Crippen LogP contribution in [0.25, 0.3) is 0 Å². The number of hydrogen-bond acceptors (Lipinski definition) is 1. The molecule has 0 saturated carbocycles. The molecule has 0 N–H and O–H groups in total. The molecular formula is C13H12F4INO. The lowest BCUT2D eigenvalue weighted by molar-refractivity contribution is -0.183. The second kappa shape index (κ2) is 5.87. The van der Waals surface area contributed by atoms with Gasteiger partial charge < -0.3 is 4.90 Å². The summed E-state index contributed by atoms with van der Waals surface area (Å²) in [6.07, 6.45) is -3.68. The number of carbonyl (C=O) groups excluding carboxylic acids is 1. The van der Waals surface area contributed by atoms with Crippen molar-refractivity contribution in [1.29, 1.82) is 0 Å². The fraction of sp³-hybridized carbons (Fsp3) is 0.462. The van der Waals surface area contributed by atoms with Gasteiger partial charge in [-0.1, -0.05) is 0 Å². The number of hydrogen-bond donors (Lipinski definition) is 0. The van der Waals surface area contributed by atoms with Crippen LogP contribution in [0.3, 0.4) is 0 Å². The van der Waals surface area contributed by atoms with Crippen molar-refractivity contribution in [3.05, 3.63) is 33.1 Å². The van der Waals surface area contributed by atoms with Gasteiger partial charge in [0.1, 0.15) is 11.9 Å². The maximum absolute atomic E-state index is 13.7. The van der Waals surface area contributed by atoms with Crippen molar-refractivity contribution in [2.24, 2.45) is 0 Å². The van der Waals surface area contributed by atoms with Gasteiger partial charge >= 0.3 is 6.18 Å². The standard InChI is InChI=1S/C13H12F4INO/c14-10-5-4-8(18)7-9(10)12(20)19-6-2-1-3-11(19)13(15,16)17/h4-5,7,11H,1-3,6H2. The van der Waals surface area contributed by atoms with E-state index in [1.54, 1.807) is 0 Å². The molecule has 0 bridgehead atoms. The molecule has 1 saturated heterocycles. The summed E-state index contributed by atoms with van der Waals surface area (Å²) in [5.74, 6) is -1.68. The van der Waals surface area contributed by atoms with Gasteiger partial charge in [0.15, 0.2) is 0 Å². The van der Waals surface area contributed by atoms with Crippen LogP contribution in [0.15, 0.2) is 18.2 Å². The zero-order valence-corrected chi connectivity index (χ0v) is 12.5. The number of likely N-dealkylation sites (tertiary alicyclic amines) is 1. The highest BCUT2D eigenvalue weighted by Crippen LogP contribution is 2.33. The van der Waals surface area contributed by atoms with Crippen molar-refractivity contribution in [3.8, 4) is 0 Å². The molecule has 1 aliphatic heterocycles. The molecule has 7 heteroatoms. The van der Waals surface area contributed by atoms with Gasteiger partial charge in [0.25, 0.3) is 5.91 Å². The lowest BCUT2D eigenvalue weighted by Crippen LogP contribution is -2.51. The monoisotopic (exact) mass is 401 g/mol. The Bertz CT molecular complexity index is 518. The van der Waals surface area contributed by atoms with Crippen LogP contribution >= 0.6 is 22.6 Å². The van der Waals surface area contributed by atoms with Crippen LogP contribution in [0.1, 0.15) is 29.6 Å². The number of piperidine rings is 1. The molecule has 0 spiro atoms. The summed E-state index contributed by atoms with van der Waals surface area (Å²) < 4.78 is 53.1. The fourth-order valence-corrected chi connectivity index (χ4v) is 2.82. The van der Waals surface area contributed by atoms with Gasteiger partial charge in [0.2, 0.25) is 0 Å². The predicted molar refractivity (Wildman–Crippen MR) is 73.8 cm³/mol. The van der Waals surface area contributed by atoms with Crippen molar-refractivity contribution in [2.45, 2.75) is 31.5 Å². The number of nitrogens with zero attached hydrogens (tertiary/aromatic N) is 1.